The van der Waals surface area contributed by atoms with Crippen molar-refractivity contribution in [1.29, 1.82) is 0 Å². The minimum Gasteiger partial charge on any atom is -0.464 e. The van der Waals surface area contributed by atoms with Gasteiger partial charge in [-0.2, -0.15) is 22.0 Å². The van der Waals surface area contributed by atoms with Gasteiger partial charge >= 0.3 is 18.4 Å². The van der Waals surface area contributed by atoms with E-state index in [2.05, 4.69) is 14.8 Å². The molecule has 0 aliphatic heterocycles. The van der Waals surface area contributed by atoms with Crippen molar-refractivity contribution in [2.24, 2.45) is 0 Å². The summed E-state index contributed by atoms with van der Waals surface area (Å²) in [6.45, 7) is 1.10. The van der Waals surface area contributed by atoms with E-state index in [1.54, 1.807) is 0 Å². The number of carbonyl (C=O) groups is 2. The number of halogens is 5. The Morgan fingerprint density at radius 3 is 2.09 bits per heavy atom. The number of carbonyl (C=O) groups excluding carboxylic acids is 1. The zero-order valence-corrected chi connectivity index (χ0v) is 16.0. The number of hydrogen-bond acceptors (Lipinski definition) is 5. The first-order valence-electron chi connectivity index (χ1n) is 8.69. The maximum atomic E-state index is 13.0. The average molecular weight is 456 g/mol. The molecular formula is C19H13F5N4O4. The molecule has 0 radical (unpaired) electrons. The molecule has 0 saturated heterocycles. The first-order valence-corrected chi connectivity index (χ1v) is 8.69. The molecule has 3 rings (SSSR count). The van der Waals surface area contributed by atoms with Crippen molar-refractivity contribution in [3.05, 3.63) is 54.9 Å². The summed E-state index contributed by atoms with van der Waals surface area (Å²) in [5, 5.41) is 13.3. The van der Waals surface area contributed by atoms with E-state index >= 15 is 0 Å². The lowest BCUT2D eigenvalue weighted by Crippen LogP contribution is -2.41. The van der Waals surface area contributed by atoms with Crippen LogP contribution < -0.4 is 9.64 Å². The number of carboxylic acid groups (broad SMARTS) is 1. The molecule has 2 aromatic carbocycles. The molecule has 13 heteroatoms. The minimum atomic E-state index is -5.85. The van der Waals surface area contributed by atoms with Crippen molar-refractivity contribution in [3.63, 3.8) is 0 Å². The Labute approximate surface area is 176 Å². The van der Waals surface area contributed by atoms with Gasteiger partial charge in [-0.1, -0.05) is 0 Å². The van der Waals surface area contributed by atoms with Gasteiger partial charge in [0.2, 0.25) is 5.91 Å². The van der Waals surface area contributed by atoms with Crippen molar-refractivity contribution in [3.8, 4) is 22.8 Å². The van der Waals surface area contributed by atoms with Crippen molar-refractivity contribution >= 4 is 17.7 Å². The molecule has 0 atom stereocenters. The topological polar surface area (TPSA) is 97.6 Å². The molecule has 1 aromatic heterocycles. The lowest BCUT2D eigenvalue weighted by Gasteiger charge is -2.20. The molecular weight excluding hydrogens is 443 g/mol. The summed E-state index contributed by atoms with van der Waals surface area (Å²) in [5.74, 6) is -1.17. The molecule has 2 amide bonds. The summed E-state index contributed by atoms with van der Waals surface area (Å²) < 4.78 is 67.6. The van der Waals surface area contributed by atoms with E-state index in [0.29, 0.717) is 16.2 Å². The zero-order chi connectivity index (χ0) is 23.7. The highest BCUT2D eigenvalue weighted by Gasteiger charge is 2.61. The van der Waals surface area contributed by atoms with Crippen LogP contribution in [0.4, 0.5) is 32.4 Å². The van der Waals surface area contributed by atoms with Crippen LogP contribution in [0, 0.1) is 0 Å². The highest BCUT2D eigenvalue weighted by atomic mass is 19.4. The Bertz CT molecular complexity index is 1110. The number of benzene rings is 2. The number of amides is 2. The maximum absolute atomic E-state index is 13.0. The molecule has 0 fully saturated rings. The lowest BCUT2D eigenvalue weighted by molar-refractivity contribution is -0.360. The standard InChI is InChI=1S/C19H13F5N4O4/c1-11(29)28(17(30)31)14-4-2-12(3-5-14)16-25-10-27(26-16)13-6-8-15(9-7-13)32-19(23,24)18(20,21)22/h2-10H,1H3,(H,30,31). The first kappa shape index (κ1) is 22.7. The normalized spacial score (nSPS) is 11.8. The van der Waals surface area contributed by atoms with Gasteiger partial charge in [-0.3, -0.25) is 4.79 Å². The van der Waals surface area contributed by atoms with E-state index < -0.39 is 30.0 Å². The lowest BCUT2D eigenvalue weighted by atomic mass is 10.2. The monoisotopic (exact) mass is 456 g/mol. The minimum absolute atomic E-state index is 0.124. The van der Waals surface area contributed by atoms with Gasteiger partial charge < -0.3 is 9.84 Å². The Morgan fingerprint density at radius 1 is 1.00 bits per heavy atom. The first-order chi connectivity index (χ1) is 14.9. The van der Waals surface area contributed by atoms with E-state index in [1.807, 2.05) is 0 Å². The predicted octanol–water partition coefficient (Wildman–Crippen LogP) is 4.50. The average Bonchev–Trinajstić information content (AvgIpc) is 3.17. The van der Waals surface area contributed by atoms with E-state index in [9.17, 15) is 31.5 Å². The molecule has 1 N–H and O–H groups in total. The van der Waals surface area contributed by atoms with Crippen LogP contribution in [-0.2, 0) is 4.79 Å². The number of alkyl halides is 5. The van der Waals surface area contributed by atoms with Crippen LogP contribution in [-0.4, -0.2) is 44.2 Å². The molecule has 168 valence electrons. The summed E-state index contributed by atoms with van der Waals surface area (Å²) >= 11 is 0. The van der Waals surface area contributed by atoms with Crippen molar-refractivity contribution < 1.29 is 41.4 Å². The van der Waals surface area contributed by atoms with Gasteiger partial charge in [0.1, 0.15) is 12.1 Å². The fourth-order valence-corrected chi connectivity index (χ4v) is 2.58. The molecule has 32 heavy (non-hydrogen) atoms. The van der Waals surface area contributed by atoms with Gasteiger partial charge in [0.15, 0.2) is 5.82 Å². The Hall–Kier alpha value is -4.03. The molecule has 3 aromatic rings. The molecule has 0 unspecified atom stereocenters. The number of nitrogens with zero attached hydrogens (tertiary/aromatic N) is 4. The van der Waals surface area contributed by atoms with E-state index in [1.165, 1.54) is 47.4 Å². The third kappa shape index (κ3) is 4.66. The van der Waals surface area contributed by atoms with E-state index in [0.717, 1.165) is 19.1 Å². The maximum Gasteiger partial charge on any atom is 0.499 e. The molecule has 0 bridgehead atoms. The largest absolute Gasteiger partial charge is 0.499 e. The van der Waals surface area contributed by atoms with Crippen LogP contribution in [0.25, 0.3) is 17.1 Å². The second-order valence-electron chi connectivity index (χ2n) is 6.31. The molecule has 0 aliphatic carbocycles. The van der Waals surface area contributed by atoms with Gasteiger partial charge in [-0.15, -0.1) is 5.10 Å². The van der Waals surface area contributed by atoms with Gasteiger partial charge in [-0.25, -0.2) is 19.4 Å². The van der Waals surface area contributed by atoms with Gasteiger partial charge in [0.25, 0.3) is 0 Å². The van der Waals surface area contributed by atoms with Gasteiger partial charge in [0, 0.05) is 12.5 Å². The van der Waals surface area contributed by atoms with Crippen LogP contribution >= 0.6 is 0 Å². The molecule has 0 aliphatic rings. The molecule has 0 spiro atoms. The number of hydrogen-bond donors (Lipinski definition) is 1. The molecule has 8 nitrogen and oxygen atoms in total. The smallest absolute Gasteiger partial charge is 0.464 e. The molecule has 1 heterocycles. The highest BCUT2D eigenvalue weighted by molar-refractivity contribution is 6.10. The number of rotatable bonds is 5. The molecule has 0 saturated carbocycles. The SMILES string of the molecule is CC(=O)N(C(=O)O)c1ccc(-c2ncn(-c3ccc(OC(F)(F)C(F)(F)F)cc3)n2)cc1. The van der Waals surface area contributed by atoms with Crippen LogP contribution in [0.1, 0.15) is 6.92 Å². The summed E-state index contributed by atoms with van der Waals surface area (Å²) in [7, 11) is 0. The van der Waals surface area contributed by atoms with Crippen LogP contribution in [0.15, 0.2) is 54.9 Å². The predicted molar refractivity (Wildman–Crippen MR) is 99.6 cm³/mol. The summed E-state index contributed by atoms with van der Waals surface area (Å²) in [6.07, 6.45) is -11.3. The number of imide groups is 1. The third-order valence-corrected chi connectivity index (χ3v) is 4.06. The zero-order valence-electron chi connectivity index (χ0n) is 16.0. The summed E-state index contributed by atoms with van der Waals surface area (Å²) in [6, 6.07) is 10.0. The fourth-order valence-electron chi connectivity index (χ4n) is 2.58. The van der Waals surface area contributed by atoms with Crippen LogP contribution in [0.5, 0.6) is 5.75 Å². The fraction of sp³-hybridized carbons (Fsp3) is 0.158. The number of anilines is 1. The summed E-state index contributed by atoms with van der Waals surface area (Å²) in [5.41, 5.74) is 0.905. The number of aromatic nitrogens is 3. The van der Waals surface area contributed by atoms with Crippen LogP contribution in [0.3, 0.4) is 0 Å². The Balaban J connectivity index is 1.77. The van der Waals surface area contributed by atoms with Crippen molar-refractivity contribution in [1.82, 2.24) is 14.8 Å². The third-order valence-electron chi connectivity index (χ3n) is 4.06. The van der Waals surface area contributed by atoms with Crippen LogP contribution in [0.2, 0.25) is 0 Å². The Morgan fingerprint density at radius 2 is 1.59 bits per heavy atom. The highest BCUT2D eigenvalue weighted by Crippen LogP contribution is 2.37. The second kappa shape index (κ2) is 8.24. The van der Waals surface area contributed by atoms with E-state index in [4.69, 9.17) is 5.11 Å². The van der Waals surface area contributed by atoms with Crippen molar-refractivity contribution in [2.75, 3.05) is 4.90 Å². The quantitative estimate of drug-likeness (QED) is 0.568. The Kier molecular flexibility index (Phi) is 5.84. The van der Waals surface area contributed by atoms with E-state index in [-0.39, 0.29) is 11.5 Å². The van der Waals surface area contributed by atoms with Gasteiger partial charge in [-0.05, 0) is 48.5 Å². The van der Waals surface area contributed by atoms with Gasteiger partial charge in [0.05, 0.1) is 11.4 Å². The van der Waals surface area contributed by atoms with Crippen molar-refractivity contribution in [2.45, 2.75) is 19.2 Å². The number of ether oxygens (including phenoxy) is 1. The summed E-state index contributed by atoms with van der Waals surface area (Å²) in [4.78, 5) is 27.3. The second-order valence-corrected chi connectivity index (χ2v) is 6.31.